The second-order valence-corrected chi connectivity index (χ2v) is 6.33. The van der Waals surface area contributed by atoms with Crippen molar-refractivity contribution >= 4 is 27.7 Å². The van der Waals surface area contributed by atoms with E-state index in [2.05, 4.69) is 60.2 Å². The molecule has 1 aromatic rings. The average Bonchev–Trinajstić information content (AvgIpc) is 2.34. The Morgan fingerprint density at radius 1 is 1.35 bits per heavy atom. The molecule has 1 unspecified atom stereocenters. The second-order valence-electron chi connectivity index (χ2n) is 4.36. The molecular weight excluding hydrogens is 294 g/mol. The van der Waals surface area contributed by atoms with E-state index in [0.29, 0.717) is 0 Å². The summed E-state index contributed by atoms with van der Waals surface area (Å²) in [5, 5.41) is 3.40. The van der Waals surface area contributed by atoms with Crippen molar-refractivity contribution in [1.29, 1.82) is 0 Å². The van der Waals surface area contributed by atoms with Crippen LogP contribution in [0.25, 0.3) is 0 Å². The Balaban J connectivity index is 2.69. The van der Waals surface area contributed by atoms with Gasteiger partial charge < -0.3 is 5.32 Å². The zero-order valence-corrected chi connectivity index (χ0v) is 13.3. The van der Waals surface area contributed by atoms with Gasteiger partial charge in [-0.15, -0.1) is 11.8 Å². The van der Waals surface area contributed by atoms with E-state index in [-0.39, 0.29) is 0 Å². The molecule has 1 nitrogen and oxygen atoms in total. The number of halogens is 1. The molecule has 0 aliphatic carbocycles. The van der Waals surface area contributed by atoms with Crippen LogP contribution in [0.5, 0.6) is 0 Å². The van der Waals surface area contributed by atoms with Crippen LogP contribution in [-0.2, 0) is 6.54 Å². The van der Waals surface area contributed by atoms with Gasteiger partial charge in [-0.1, -0.05) is 49.2 Å². The maximum absolute atomic E-state index is 3.55. The smallest absolute Gasteiger partial charge is 0.0216 e. The van der Waals surface area contributed by atoms with Gasteiger partial charge in [-0.25, -0.2) is 0 Å². The highest BCUT2D eigenvalue weighted by Crippen LogP contribution is 2.28. The lowest BCUT2D eigenvalue weighted by atomic mass is 10.2. The van der Waals surface area contributed by atoms with Gasteiger partial charge in [-0.3, -0.25) is 0 Å². The molecule has 0 aromatic heterocycles. The Morgan fingerprint density at radius 2 is 2.12 bits per heavy atom. The lowest BCUT2D eigenvalue weighted by molar-refractivity contribution is 0.636. The molecule has 1 N–H and O–H groups in total. The summed E-state index contributed by atoms with van der Waals surface area (Å²) in [6.45, 7) is 8.70. The van der Waals surface area contributed by atoms with E-state index in [1.165, 1.54) is 27.1 Å². The van der Waals surface area contributed by atoms with E-state index in [1.807, 2.05) is 11.8 Å². The van der Waals surface area contributed by atoms with E-state index >= 15 is 0 Å². The first-order valence-corrected chi connectivity index (χ1v) is 8.07. The predicted molar refractivity (Wildman–Crippen MR) is 81.7 cm³/mol. The van der Waals surface area contributed by atoms with Crippen LogP contribution in [0.3, 0.4) is 0 Å². The molecule has 0 aliphatic heterocycles. The van der Waals surface area contributed by atoms with Gasteiger partial charge in [0.1, 0.15) is 0 Å². The Kier molecular flexibility index (Phi) is 7.24. The minimum absolute atomic E-state index is 0.783. The largest absolute Gasteiger partial charge is 0.313 e. The fourth-order valence-electron chi connectivity index (χ4n) is 1.42. The van der Waals surface area contributed by atoms with Crippen LogP contribution in [0.2, 0.25) is 0 Å². The fraction of sp³-hybridized carbons (Fsp3) is 0.571. The van der Waals surface area contributed by atoms with Crippen molar-refractivity contribution in [2.24, 2.45) is 5.92 Å². The van der Waals surface area contributed by atoms with E-state index < -0.39 is 0 Å². The van der Waals surface area contributed by atoms with E-state index in [9.17, 15) is 0 Å². The Bertz CT molecular complexity index is 341. The molecule has 96 valence electrons. The third-order valence-corrected chi connectivity index (χ3v) is 4.73. The topological polar surface area (TPSA) is 12.0 Å². The number of thioether (sulfide) groups is 1. The van der Waals surface area contributed by atoms with Crippen molar-refractivity contribution in [3.8, 4) is 0 Å². The summed E-state index contributed by atoms with van der Waals surface area (Å²) in [5.41, 5.74) is 1.41. The summed E-state index contributed by atoms with van der Waals surface area (Å²) in [6, 6.07) is 6.57. The Labute approximate surface area is 118 Å². The zero-order chi connectivity index (χ0) is 12.7. The number of benzene rings is 1. The fourth-order valence-corrected chi connectivity index (χ4v) is 3.17. The van der Waals surface area contributed by atoms with Crippen LogP contribution in [0, 0.1) is 5.92 Å². The van der Waals surface area contributed by atoms with Gasteiger partial charge >= 0.3 is 0 Å². The summed E-state index contributed by atoms with van der Waals surface area (Å²) >= 11 is 5.53. The normalized spacial score (nSPS) is 12.7. The van der Waals surface area contributed by atoms with Crippen LogP contribution < -0.4 is 5.32 Å². The molecule has 0 saturated heterocycles. The predicted octanol–water partition coefficient (Wildman–Crippen LogP) is 4.70. The molecule has 0 fully saturated rings. The van der Waals surface area contributed by atoms with Crippen molar-refractivity contribution in [3.05, 3.63) is 28.2 Å². The molecule has 1 atom stereocenters. The molecular formula is C14H22BrNS. The van der Waals surface area contributed by atoms with Crippen molar-refractivity contribution in [2.75, 3.05) is 12.3 Å². The SMILES string of the molecule is CCNCc1ccc(Br)cc1SCC(C)CC. The van der Waals surface area contributed by atoms with Crippen molar-refractivity contribution in [2.45, 2.75) is 38.6 Å². The molecule has 0 heterocycles. The molecule has 0 amide bonds. The Morgan fingerprint density at radius 3 is 2.76 bits per heavy atom. The maximum Gasteiger partial charge on any atom is 0.0216 e. The van der Waals surface area contributed by atoms with Gasteiger partial charge in [0, 0.05) is 21.7 Å². The summed E-state index contributed by atoms with van der Waals surface area (Å²) in [7, 11) is 0. The van der Waals surface area contributed by atoms with Crippen molar-refractivity contribution < 1.29 is 0 Å². The number of rotatable bonds is 7. The standard InChI is InChI=1S/C14H22BrNS/c1-4-11(3)10-17-14-8-13(15)7-6-12(14)9-16-5-2/h6-8,11,16H,4-5,9-10H2,1-3H3. The monoisotopic (exact) mass is 315 g/mol. The highest BCUT2D eigenvalue weighted by molar-refractivity contribution is 9.10. The Hall–Kier alpha value is 0.01000. The second kappa shape index (κ2) is 8.17. The van der Waals surface area contributed by atoms with E-state index in [4.69, 9.17) is 0 Å². The molecule has 0 saturated carbocycles. The first-order valence-electron chi connectivity index (χ1n) is 6.29. The summed E-state index contributed by atoms with van der Waals surface area (Å²) in [6.07, 6.45) is 1.25. The minimum atomic E-state index is 0.783. The van der Waals surface area contributed by atoms with Crippen LogP contribution in [0.1, 0.15) is 32.8 Å². The number of hydrogen-bond acceptors (Lipinski definition) is 2. The van der Waals surface area contributed by atoms with Gasteiger partial charge in [0.2, 0.25) is 0 Å². The zero-order valence-electron chi connectivity index (χ0n) is 10.9. The molecule has 3 heteroatoms. The number of nitrogens with one attached hydrogen (secondary N) is 1. The molecule has 0 spiro atoms. The molecule has 1 aromatic carbocycles. The molecule has 0 aliphatic rings. The maximum atomic E-state index is 3.55. The van der Waals surface area contributed by atoms with E-state index in [0.717, 1.165) is 19.0 Å². The highest BCUT2D eigenvalue weighted by atomic mass is 79.9. The quantitative estimate of drug-likeness (QED) is 0.732. The third-order valence-electron chi connectivity index (χ3n) is 2.81. The number of hydrogen-bond donors (Lipinski definition) is 1. The summed E-state index contributed by atoms with van der Waals surface area (Å²) in [4.78, 5) is 1.40. The van der Waals surface area contributed by atoms with Gasteiger partial charge in [0.15, 0.2) is 0 Å². The molecule has 0 radical (unpaired) electrons. The van der Waals surface area contributed by atoms with Gasteiger partial charge in [0.25, 0.3) is 0 Å². The van der Waals surface area contributed by atoms with Crippen molar-refractivity contribution in [3.63, 3.8) is 0 Å². The summed E-state index contributed by atoms with van der Waals surface area (Å²) in [5.74, 6) is 1.98. The van der Waals surface area contributed by atoms with Crippen LogP contribution >= 0.6 is 27.7 Å². The van der Waals surface area contributed by atoms with E-state index in [1.54, 1.807) is 0 Å². The van der Waals surface area contributed by atoms with Crippen molar-refractivity contribution in [1.82, 2.24) is 5.32 Å². The van der Waals surface area contributed by atoms with Gasteiger partial charge in [-0.2, -0.15) is 0 Å². The third kappa shape index (κ3) is 5.45. The molecule has 1 rings (SSSR count). The lowest BCUT2D eigenvalue weighted by Gasteiger charge is -2.12. The van der Waals surface area contributed by atoms with Gasteiger partial charge in [-0.05, 0) is 30.2 Å². The minimum Gasteiger partial charge on any atom is -0.313 e. The van der Waals surface area contributed by atoms with Gasteiger partial charge in [0.05, 0.1) is 0 Å². The lowest BCUT2D eigenvalue weighted by Crippen LogP contribution is -2.12. The van der Waals surface area contributed by atoms with Crippen LogP contribution in [-0.4, -0.2) is 12.3 Å². The summed E-state index contributed by atoms with van der Waals surface area (Å²) < 4.78 is 1.17. The molecule has 17 heavy (non-hydrogen) atoms. The highest BCUT2D eigenvalue weighted by Gasteiger charge is 2.06. The first kappa shape index (κ1) is 15.1. The average molecular weight is 316 g/mol. The first-order chi connectivity index (χ1) is 8.17. The van der Waals surface area contributed by atoms with Crippen LogP contribution in [0.15, 0.2) is 27.6 Å². The molecule has 0 bridgehead atoms. The van der Waals surface area contributed by atoms with Crippen LogP contribution in [0.4, 0.5) is 0 Å².